The lowest BCUT2D eigenvalue weighted by atomic mass is 10.1. The van der Waals surface area contributed by atoms with Gasteiger partial charge in [0.1, 0.15) is 11.4 Å². The number of nitrogens with one attached hydrogen (secondary N) is 3. The average molecular weight is 688 g/mol. The van der Waals surface area contributed by atoms with Crippen LogP contribution in [0.4, 0.5) is 10.8 Å². The summed E-state index contributed by atoms with van der Waals surface area (Å²) in [6.07, 6.45) is 1.62. The molecule has 0 aliphatic heterocycles. The van der Waals surface area contributed by atoms with Crippen molar-refractivity contribution in [2.24, 2.45) is 0 Å². The second-order valence-electron chi connectivity index (χ2n) is 9.33. The fourth-order valence-electron chi connectivity index (χ4n) is 4.06. The van der Waals surface area contributed by atoms with Gasteiger partial charge in [-0.3, -0.25) is 14.4 Å². The number of nitrogens with zero attached hydrogens (tertiary/aromatic N) is 1. The van der Waals surface area contributed by atoms with Gasteiger partial charge in [-0.1, -0.05) is 57.6 Å². The van der Waals surface area contributed by atoms with Crippen LogP contribution in [-0.2, 0) is 9.59 Å². The number of hydrogen-bond acceptors (Lipinski definition) is 7. The molecular weight excluding hydrogens is 660 g/mol. The lowest BCUT2D eigenvalue weighted by molar-refractivity contribution is -0.114. The average Bonchev–Trinajstić information content (AvgIpc) is 3.42. The molecule has 5 rings (SSSR count). The van der Waals surface area contributed by atoms with Crippen LogP contribution in [0, 0.1) is 0 Å². The molecule has 8 nitrogen and oxygen atoms in total. The standard InChI is InChI=1S/C33H27BrN4O4S2/c1-2-42-25-13-16-27-29(19-25)44-33(37-27)38-30(39)20-43-26-14-11-24(12-15-26)35-32(41)28(18-21-7-6-10-23(34)17-21)36-31(40)22-8-4-3-5-9-22/h3-19H,2,20H2,1H3,(H,35,41)(H,36,40)(H,37,38,39)/b28-18-. The molecule has 11 heteroatoms. The Bertz CT molecular complexity index is 1830. The van der Waals surface area contributed by atoms with Crippen LogP contribution in [0.2, 0.25) is 0 Å². The van der Waals surface area contributed by atoms with Crippen molar-refractivity contribution in [1.82, 2.24) is 10.3 Å². The van der Waals surface area contributed by atoms with Crippen LogP contribution in [0.15, 0.2) is 112 Å². The highest BCUT2D eigenvalue weighted by Crippen LogP contribution is 2.30. The van der Waals surface area contributed by atoms with Gasteiger partial charge in [0.15, 0.2) is 5.13 Å². The Morgan fingerprint density at radius 2 is 1.73 bits per heavy atom. The predicted molar refractivity (Wildman–Crippen MR) is 181 cm³/mol. The van der Waals surface area contributed by atoms with Gasteiger partial charge >= 0.3 is 0 Å². The van der Waals surface area contributed by atoms with E-state index in [0.29, 0.717) is 23.0 Å². The molecule has 0 saturated heterocycles. The molecule has 5 aromatic rings. The van der Waals surface area contributed by atoms with Crippen molar-refractivity contribution in [3.8, 4) is 5.75 Å². The van der Waals surface area contributed by atoms with Crippen molar-refractivity contribution in [3.63, 3.8) is 0 Å². The first-order valence-electron chi connectivity index (χ1n) is 13.6. The summed E-state index contributed by atoms with van der Waals surface area (Å²) < 4.78 is 7.32. The summed E-state index contributed by atoms with van der Waals surface area (Å²) in [6.45, 7) is 2.51. The summed E-state index contributed by atoms with van der Waals surface area (Å²) >= 11 is 6.20. The van der Waals surface area contributed by atoms with Crippen LogP contribution in [0.1, 0.15) is 22.8 Å². The van der Waals surface area contributed by atoms with Gasteiger partial charge in [0.2, 0.25) is 5.91 Å². The first kappa shape index (κ1) is 31.0. The summed E-state index contributed by atoms with van der Waals surface area (Å²) in [5.41, 5.74) is 2.61. The monoisotopic (exact) mass is 686 g/mol. The Labute approximate surface area is 271 Å². The van der Waals surface area contributed by atoms with Crippen LogP contribution in [-0.4, -0.2) is 35.1 Å². The molecule has 0 radical (unpaired) electrons. The lowest BCUT2D eigenvalue weighted by Crippen LogP contribution is -2.30. The van der Waals surface area contributed by atoms with E-state index in [1.165, 1.54) is 23.1 Å². The minimum Gasteiger partial charge on any atom is -0.494 e. The van der Waals surface area contributed by atoms with E-state index in [0.717, 1.165) is 30.9 Å². The molecule has 3 N–H and O–H groups in total. The van der Waals surface area contributed by atoms with Gasteiger partial charge in [-0.15, -0.1) is 11.8 Å². The third-order valence-electron chi connectivity index (χ3n) is 6.09. The minimum atomic E-state index is -0.474. The lowest BCUT2D eigenvalue weighted by Gasteiger charge is -2.12. The molecule has 0 aliphatic rings. The first-order valence-corrected chi connectivity index (χ1v) is 16.2. The summed E-state index contributed by atoms with van der Waals surface area (Å²) in [5, 5.41) is 8.97. The normalized spacial score (nSPS) is 11.2. The summed E-state index contributed by atoms with van der Waals surface area (Å²) in [5.74, 6) is -0.0821. The topological polar surface area (TPSA) is 109 Å². The largest absolute Gasteiger partial charge is 0.494 e. The molecule has 222 valence electrons. The molecule has 1 heterocycles. The fraction of sp³-hybridized carbons (Fsp3) is 0.0909. The number of anilines is 2. The number of thioether (sulfide) groups is 1. The maximum atomic E-state index is 13.3. The summed E-state index contributed by atoms with van der Waals surface area (Å²) in [7, 11) is 0. The number of carbonyl (C=O) groups excluding carboxylic acids is 3. The van der Waals surface area contributed by atoms with Gasteiger partial charge in [0, 0.05) is 20.6 Å². The molecule has 0 saturated carbocycles. The van der Waals surface area contributed by atoms with E-state index < -0.39 is 11.8 Å². The minimum absolute atomic E-state index is 0.0936. The van der Waals surface area contributed by atoms with Gasteiger partial charge in [-0.2, -0.15) is 0 Å². The van der Waals surface area contributed by atoms with E-state index in [1.54, 1.807) is 42.5 Å². The predicted octanol–water partition coefficient (Wildman–Crippen LogP) is 7.60. The van der Waals surface area contributed by atoms with Crippen LogP contribution in [0.5, 0.6) is 5.75 Å². The molecular formula is C33H27BrN4O4S2. The second-order valence-corrected chi connectivity index (χ2v) is 12.3. The Morgan fingerprint density at radius 3 is 2.48 bits per heavy atom. The van der Waals surface area contributed by atoms with Gasteiger partial charge in [-0.25, -0.2) is 4.98 Å². The molecule has 0 atom stereocenters. The van der Waals surface area contributed by atoms with Crippen LogP contribution in [0.3, 0.4) is 0 Å². The van der Waals surface area contributed by atoms with E-state index in [9.17, 15) is 14.4 Å². The van der Waals surface area contributed by atoms with Crippen molar-refractivity contribution < 1.29 is 19.1 Å². The van der Waals surface area contributed by atoms with Gasteiger partial charge in [-0.05, 0) is 85.3 Å². The maximum Gasteiger partial charge on any atom is 0.272 e. The molecule has 0 fully saturated rings. The highest BCUT2D eigenvalue weighted by molar-refractivity contribution is 9.10. The molecule has 0 bridgehead atoms. The molecule has 0 unspecified atom stereocenters. The van der Waals surface area contributed by atoms with Crippen molar-refractivity contribution in [3.05, 3.63) is 118 Å². The highest BCUT2D eigenvalue weighted by atomic mass is 79.9. The molecule has 4 aromatic carbocycles. The molecule has 1 aromatic heterocycles. The summed E-state index contributed by atoms with van der Waals surface area (Å²) in [6, 6.07) is 28.9. The van der Waals surface area contributed by atoms with Gasteiger partial charge in [0.25, 0.3) is 11.8 Å². The zero-order chi connectivity index (χ0) is 30.9. The number of halogens is 1. The molecule has 3 amide bonds. The third-order valence-corrected chi connectivity index (χ3v) is 8.53. The SMILES string of the molecule is CCOc1ccc2nc(NC(=O)CSc3ccc(NC(=O)/C(=C/c4cccc(Br)c4)NC(=O)c4ccccc4)cc3)sc2c1. The zero-order valence-electron chi connectivity index (χ0n) is 23.5. The molecule has 0 aliphatic carbocycles. The van der Waals surface area contributed by atoms with E-state index in [1.807, 2.05) is 67.6 Å². The second kappa shape index (κ2) is 14.8. The number of rotatable bonds is 11. The fourth-order valence-corrected chi connectivity index (χ4v) is 6.08. The van der Waals surface area contributed by atoms with Crippen LogP contribution >= 0.6 is 39.0 Å². The quantitative estimate of drug-likeness (QED) is 0.0975. The smallest absolute Gasteiger partial charge is 0.272 e. The number of carbonyl (C=O) groups is 3. The number of benzene rings is 4. The van der Waals surface area contributed by atoms with Crippen LogP contribution < -0.4 is 20.7 Å². The zero-order valence-corrected chi connectivity index (χ0v) is 26.7. The maximum absolute atomic E-state index is 13.3. The van der Waals surface area contributed by atoms with Gasteiger partial charge < -0.3 is 20.7 Å². The van der Waals surface area contributed by atoms with Crippen molar-refractivity contribution in [1.29, 1.82) is 0 Å². The Hall–Kier alpha value is -4.45. The van der Waals surface area contributed by atoms with Crippen molar-refractivity contribution in [2.45, 2.75) is 11.8 Å². The van der Waals surface area contributed by atoms with Crippen LogP contribution in [0.25, 0.3) is 16.3 Å². The van der Waals surface area contributed by atoms with Gasteiger partial charge in [0.05, 0.1) is 22.6 Å². The summed E-state index contributed by atoms with van der Waals surface area (Å²) in [4.78, 5) is 44.1. The Kier molecular flexibility index (Phi) is 10.4. The van der Waals surface area contributed by atoms with E-state index >= 15 is 0 Å². The number of aromatic nitrogens is 1. The number of ether oxygens (including phenoxy) is 1. The molecule has 0 spiro atoms. The Morgan fingerprint density at radius 1 is 0.932 bits per heavy atom. The van der Waals surface area contributed by atoms with E-state index in [2.05, 4.69) is 36.9 Å². The number of thiazole rings is 1. The third kappa shape index (κ3) is 8.56. The van der Waals surface area contributed by atoms with E-state index in [4.69, 9.17) is 4.74 Å². The number of hydrogen-bond donors (Lipinski definition) is 3. The number of fused-ring (bicyclic) bond motifs is 1. The number of amides is 3. The Balaban J connectivity index is 1.19. The van der Waals surface area contributed by atoms with Crippen molar-refractivity contribution >= 4 is 83.9 Å². The molecule has 44 heavy (non-hydrogen) atoms. The first-order chi connectivity index (χ1) is 21.4. The van der Waals surface area contributed by atoms with Crippen molar-refractivity contribution in [2.75, 3.05) is 23.0 Å². The van der Waals surface area contributed by atoms with E-state index in [-0.39, 0.29) is 17.4 Å². The highest BCUT2D eigenvalue weighted by Gasteiger charge is 2.16.